The number of urea groups is 1. The first-order valence-electron chi connectivity index (χ1n) is 8.73. The van der Waals surface area contributed by atoms with Gasteiger partial charge in [0.1, 0.15) is 11.6 Å². The maximum Gasteiger partial charge on any atom is 0.322 e. The normalized spacial score (nSPS) is 10.7. The molecule has 0 aliphatic carbocycles. The summed E-state index contributed by atoms with van der Waals surface area (Å²) < 4.78 is 30.0. The van der Waals surface area contributed by atoms with E-state index in [1.807, 2.05) is 10.8 Å². The average molecular weight is 405 g/mol. The number of carbonyl (C=O) groups excluding carboxylic acids is 1. The third-order valence-corrected chi connectivity index (χ3v) is 4.57. The van der Waals surface area contributed by atoms with Gasteiger partial charge in [0.2, 0.25) is 0 Å². The molecule has 0 radical (unpaired) electrons. The number of nitrogens with zero attached hydrogens (tertiary/aromatic N) is 3. The number of imidazole rings is 1. The van der Waals surface area contributed by atoms with Crippen molar-refractivity contribution in [2.45, 2.75) is 19.5 Å². The van der Waals surface area contributed by atoms with E-state index >= 15 is 0 Å². The van der Waals surface area contributed by atoms with Crippen molar-refractivity contribution < 1.29 is 13.6 Å². The van der Waals surface area contributed by atoms with Crippen LogP contribution in [-0.4, -0.2) is 27.0 Å². The minimum atomic E-state index is -0.543. The maximum atomic E-state index is 14.2. The van der Waals surface area contributed by atoms with Crippen LogP contribution >= 0.6 is 11.6 Å². The number of rotatable bonds is 7. The quantitative estimate of drug-likeness (QED) is 0.606. The van der Waals surface area contributed by atoms with Crippen LogP contribution in [0.15, 0.2) is 61.2 Å². The van der Waals surface area contributed by atoms with Crippen molar-refractivity contribution in [2.24, 2.45) is 0 Å². The Labute approximate surface area is 166 Å². The molecule has 1 heterocycles. The van der Waals surface area contributed by atoms with Crippen molar-refractivity contribution in [3.8, 4) is 0 Å². The minimum Gasteiger partial charge on any atom is -0.337 e. The third-order valence-electron chi connectivity index (χ3n) is 4.22. The van der Waals surface area contributed by atoms with Gasteiger partial charge in [-0.2, -0.15) is 0 Å². The molecular formula is C20H19ClF2N4O. The van der Waals surface area contributed by atoms with E-state index in [0.29, 0.717) is 19.5 Å². The van der Waals surface area contributed by atoms with Gasteiger partial charge in [-0.05, 0) is 30.7 Å². The molecule has 0 unspecified atom stereocenters. The van der Waals surface area contributed by atoms with E-state index in [4.69, 9.17) is 11.6 Å². The van der Waals surface area contributed by atoms with Gasteiger partial charge in [-0.25, -0.2) is 18.6 Å². The standard InChI is InChI=1S/C20H19ClF2N4O/c21-16-5-3-7-17(22)15(16)13-27(11-4-10-26-12-9-24-14-26)20(28)25-19-8-2-1-6-18(19)23/h1-3,5-9,12,14H,4,10-11,13H2,(H,25,28). The lowest BCUT2D eigenvalue weighted by atomic mass is 10.2. The second-order valence-corrected chi connectivity index (χ2v) is 6.59. The van der Waals surface area contributed by atoms with Crippen molar-refractivity contribution in [1.29, 1.82) is 0 Å². The van der Waals surface area contributed by atoms with Crippen LogP contribution in [0.4, 0.5) is 19.3 Å². The van der Waals surface area contributed by atoms with E-state index in [1.54, 1.807) is 24.7 Å². The zero-order valence-corrected chi connectivity index (χ0v) is 15.7. The highest BCUT2D eigenvalue weighted by molar-refractivity contribution is 6.31. The molecule has 3 aromatic rings. The van der Waals surface area contributed by atoms with Crippen LogP contribution in [0.1, 0.15) is 12.0 Å². The molecule has 0 spiro atoms. The lowest BCUT2D eigenvalue weighted by Crippen LogP contribution is -2.36. The van der Waals surface area contributed by atoms with Gasteiger partial charge >= 0.3 is 6.03 Å². The first-order valence-corrected chi connectivity index (χ1v) is 9.11. The lowest BCUT2D eigenvalue weighted by Gasteiger charge is -2.24. The van der Waals surface area contributed by atoms with E-state index in [2.05, 4.69) is 10.3 Å². The smallest absolute Gasteiger partial charge is 0.322 e. The summed E-state index contributed by atoms with van der Waals surface area (Å²) in [5.74, 6) is -1.04. The molecule has 2 amide bonds. The Kier molecular flexibility index (Phi) is 6.60. The van der Waals surface area contributed by atoms with Crippen LogP contribution in [0.5, 0.6) is 0 Å². The highest BCUT2D eigenvalue weighted by Crippen LogP contribution is 2.22. The number of anilines is 1. The molecule has 0 saturated carbocycles. The summed E-state index contributed by atoms with van der Waals surface area (Å²) in [5.41, 5.74) is 0.280. The number of benzene rings is 2. The molecule has 0 saturated heterocycles. The Morgan fingerprint density at radius 3 is 2.64 bits per heavy atom. The van der Waals surface area contributed by atoms with Gasteiger partial charge in [0.15, 0.2) is 0 Å². The van der Waals surface area contributed by atoms with Gasteiger partial charge < -0.3 is 14.8 Å². The molecule has 0 aliphatic heterocycles. The van der Waals surface area contributed by atoms with Crippen LogP contribution < -0.4 is 5.32 Å². The largest absolute Gasteiger partial charge is 0.337 e. The molecule has 146 valence electrons. The Morgan fingerprint density at radius 2 is 1.93 bits per heavy atom. The summed E-state index contributed by atoms with van der Waals surface area (Å²) in [6, 6.07) is 9.71. The van der Waals surface area contributed by atoms with Crippen LogP contribution in [0.25, 0.3) is 0 Å². The molecule has 3 rings (SSSR count). The van der Waals surface area contributed by atoms with Crippen LogP contribution in [0.3, 0.4) is 0 Å². The van der Waals surface area contributed by atoms with Crippen LogP contribution in [0, 0.1) is 11.6 Å². The van der Waals surface area contributed by atoms with Crippen molar-refractivity contribution >= 4 is 23.3 Å². The van der Waals surface area contributed by atoms with Crippen LogP contribution in [-0.2, 0) is 13.1 Å². The van der Waals surface area contributed by atoms with E-state index in [9.17, 15) is 13.6 Å². The highest BCUT2D eigenvalue weighted by Gasteiger charge is 2.19. The molecule has 0 bridgehead atoms. The first kappa shape index (κ1) is 19.8. The van der Waals surface area contributed by atoms with Crippen molar-refractivity contribution in [3.63, 3.8) is 0 Å². The second kappa shape index (κ2) is 9.32. The maximum absolute atomic E-state index is 14.2. The lowest BCUT2D eigenvalue weighted by molar-refractivity contribution is 0.206. The molecule has 2 aromatic carbocycles. The summed E-state index contributed by atoms with van der Waals surface area (Å²) in [4.78, 5) is 18.1. The van der Waals surface area contributed by atoms with Crippen molar-refractivity contribution in [3.05, 3.63) is 83.4 Å². The molecular weight excluding hydrogens is 386 g/mol. The number of aromatic nitrogens is 2. The summed E-state index contributed by atoms with van der Waals surface area (Å²) >= 11 is 6.11. The molecule has 28 heavy (non-hydrogen) atoms. The van der Waals surface area contributed by atoms with Gasteiger partial charge in [-0.3, -0.25) is 0 Å². The van der Waals surface area contributed by atoms with Gasteiger partial charge in [-0.15, -0.1) is 0 Å². The van der Waals surface area contributed by atoms with Gasteiger partial charge in [0.05, 0.1) is 18.6 Å². The topological polar surface area (TPSA) is 50.2 Å². The fraction of sp³-hybridized carbons (Fsp3) is 0.200. The molecule has 5 nitrogen and oxygen atoms in total. The number of carbonyl (C=O) groups is 1. The van der Waals surface area contributed by atoms with Gasteiger partial charge in [-0.1, -0.05) is 29.8 Å². The molecule has 1 N–H and O–H groups in total. The van der Waals surface area contributed by atoms with E-state index in [1.165, 1.54) is 35.2 Å². The van der Waals surface area contributed by atoms with Crippen molar-refractivity contribution in [2.75, 3.05) is 11.9 Å². The summed E-state index contributed by atoms with van der Waals surface area (Å²) in [6.45, 7) is 0.924. The highest BCUT2D eigenvalue weighted by atomic mass is 35.5. The monoisotopic (exact) mass is 404 g/mol. The number of aryl methyl sites for hydroxylation is 1. The third kappa shape index (κ3) is 5.07. The van der Waals surface area contributed by atoms with Crippen LogP contribution in [0.2, 0.25) is 5.02 Å². The number of hydrogen-bond donors (Lipinski definition) is 1. The number of nitrogens with one attached hydrogen (secondary N) is 1. The first-order chi connectivity index (χ1) is 13.5. The summed E-state index contributed by atoms with van der Waals surface area (Å²) in [6.07, 6.45) is 5.77. The number of halogens is 3. The fourth-order valence-corrected chi connectivity index (χ4v) is 2.97. The second-order valence-electron chi connectivity index (χ2n) is 6.19. The van der Waals surface area contributed by atoms with Gasteiger partial charge in [0, 0.05) is 36.1 Å². The number of amides is 2. The molecule has 1 aromatic heterocycles. The molecule has 0 atom stereocenters. The van der Waals surface area contributed by atoms with E-state index in [0.717, 1.165) is 0 Å². The Hall–Kier alpha value is -2.93. The number of hydrogen-bond acceptors (Lipinski definition) is 2. The summed E-state index contributed by atoms with van der Waals surface area (Å²) in [5, 5.41) is 2.77. The van der Waals surface area contributed by atoms with E-state index in [-0.39, 0.29) is 22.8 Å². The fourth-order valence-electron chi connectivity index (χ4n) is 2.75. The number of para-hydroxylation sites is 1. The Morgan fingerprint density at radius 1 is 1.14 bits per heavy atom. The Bertz CT molecular complexity index is 913. The van der Waals surface area contributed by atoms with E-state index < -0.39 is 17.7 Å². The predicted octanol–water partition coefficient (Wildman–Crippen LogP) is 4.94. The zero-order chi connectivity index (χ0) is 19.9. The predicted molar refractivity (Wildman–Crippen MR) is 104 cm³/mol. The summed E-state index contributed by atoms with van der Waals surface area (Å²) in [7, 11) is 0. The molecule has 0 fully saturated rings. The SMILES string of the molecule is O=C(Nc1ccccc1F)N(CCCn1ccnc1)Cc1c(F)cccc1Cl. The minimum absolute atomic E-state index is 0.0320. The van der Waals surface area contributed by atoms with Crippen molar-refractivity contribution in [1.82, 2.24) is 14.5 Å². The molecule has 0 aliphatic rings. The zero-order valence-electron chi connectivity index (χ0n) is 15.0. The average Bonchev–Trinajstić information content (AvgIpc) is 3.18. The van der Waals surface area contributed by atoms with Gasteiger partial charge in [0.25, 0.3) is 0 Å². The Balaban J connectivity index is 1.74. The molecule has 8 heteroatoms.